The smallest absolute Gasteiger partial charge is 0.224 e. The summed E-state index contributed by atoms with van der Waals surface area (Å²) in [7, 11) is 0. The van der Waals surface area contributed by atoms with Crippen LogP contribution in [-0.2, 0) is 0 Å². The van der Waals surface area contributed by atoms with E-state index in [1.807, 2.05) is 0 Å². The van der Waals surface area contributed by atoms with Gasteiger partial charge in [0.2, 0.25) is 5.95 Å². The first kappa shape index (κ1) is 11.8. The largest absolute Gasteiger partial charge is 0.354 e. The molecule has 1 aromatic rings. The van der Waals surface area contributed by atoms with Crippen LogP contribution in [0.3, 0.4) is 0 Å². The summed E-state index contributed by atoms with van der Waals surface area (Å²) in [5, 5.41) is 3.29. The molecule has 3 rings (SSSR count). The first-order chi connectivity index (χ1) is 8.76. The maximum Gasteiger partial charge on any atom is 0.224 e. The number of hydrogen-bond acceptors (Lipinski definition) is 4. The second kappa shape index (κ2) is 4.75. The molecule has 1 N–H and O–H groups in total. The fourth-order valence-corrected chi connectivity index (χ4v) is 3.22. The Morgan fingerprint density at radius 1 is 1.39 bits per heavy atom. The number of aryl methyl sites for hydroxylation is 1. The minimum atomic E-state index is 0.725. The van der Waals surface area contributed by atoms with Crippen molar-refractivity contribution in [3.63, 3.8) is 0 Å². The van der Waals surface area contributed by atoms with Crippen LogP contribution in [0, 0.1) is 12.8 Å². The van der Waals surface area contributed by atoms with E-state index in [0.29, 0.717) is 0 Å². The van der Waals surface area contributed by atoms with Gasteiger partial charge in [-0.15, -0.1) is 0 Å². The minimum Gasteiger partial charge on any atom is -0.354 e. The second-order valence-corrected chi connectivity index (χ2v) is 5.60. The van der Waals surface area contributed by atoms with Gasteiger partial charge in [-0.3, -0.25) is 0 Å². The summed E-state index contributed by atoms with van der Waals surface area (Å²) in [5.74, 6) is 2.81. The molecule has 2 heterocycles. The Kier molecular flexibility index (Phi) is 3.10. The van der Waals surface area contributed by atoms with E-state index < -0.39 is 0 Å². The molecule has 1 saturated carbocycles. The third kappa shape index (κ3) is 2.16. The zero-order valence-electron chi connectivity index (χ0n) is 11.3. The van der Waals surface area contributed by atoms with Crippen LogP contribution in [0.15, 0.2) is 6.07 Å². The Morgan fingerprint density at radius 2 is 2.28 bits per heavy atom. The van der Waals surface area contributed by atoms with Crippen LogP contribution < -0.4 is 10.2 Å². The van der Waals surface area contributed by atoms with Crippen molar-refractivity contribution in [2.24, 2.45) is 5.92 Å². The van der Waals surface area contributed by atoms with Crippen molar-refractivity contribution in [3.05, 3.63) is 11.8 Å². The van der Waals surface area contributed by atoms with Gasteiger partial charge in [-0.2, -0.15) is 4.98 Å². The van der Waals surface area contributed by atoms with Gasteiger partial charge in [0, 0.05) is 30.9 Å². The van der Waals surface area contributed by atoms with Crippen molar-refractivity contribution in [1.29, 1.82) is 0 Å². The summed E-state index contributed by atoms with van der Waals surface area (Å²) in [6.45, 7) is 6.34. The highest BCUT2D eigenvalue weighted by molar-refractivity contribution is 5.47. The van der Waals surface area contributed by atoms with E-state index in [-0.39, 0.29) is 0 Å². The first-order valence-corrected chi connectivity index (χ1v) is 7.12. The Labute approximate surface area is 109 Å². The number of nitrogens with zero attached hydrogens (tertiary/aromatic N) is 3. The maximum absolute atomic E-state index is 4.68. The van der Waals surface area contributed by atoms with Gasteiger partial charge in [0.25, 0.3) is 0 Å². The summed E-state index contributed by atoms with van der Waals surface area (Å²) < 4.78 is 0. The van der Waals surface area contributed by atoms with Gasteiger partial charge in [-0.05, 0) is 38.5 Å². The molecule has 2 fully saturated rings. The fourth-order valence-electron chi connectivity index (χ4n) is 3.22. The zero-order valence-corrected chi connectivity index (χ0v) is 11.3. The van der Waals surface area contributed by atoms with Gasteiger partial charge in [0.1, 0.15) is 5.82 Å². The van der Waals surface area contributed by atoms with E-state index in [4.69, 9.17) is 0 Å². The van der Waals surface area contributed by atoms with Gasteiger partial charge in [-0.25, -0.2) is 4.98 Å². The average molecular weight is 246 g/mol. The molecule has 2 atom stereocenters. The van der Waals surface area contributed by atoms with Crippen molar-refractivity contribution in [3.8, 4) is 0 Å². The number of rotatable bonds is 4. The predicted molar refractivity (Wildman–Crippen MR) is 74.0 cm³/mol. The fraction of sp³-hybridized carbons (Fsp3) is 0.714. The van der Waals surface area contributed by atoms with Crippen LogP contribution in [0.1, 0.15) is 38.3 Å². The lowest BCUT2D eigenvalue weighted by molar-refractivity contribution is 0.550. The van der Waals surface area contributed by atoms with Gasteiger partial charge in [0.05, 0.1) is 0 Å². The molecule has 2 aliphatic rings. The molecule has 1 aliphatic heterocycles. The van der Waals surface area contributed by atoms with E-state index in [1.165, 1.54) is 25.8 Å². The molecule has 18 heavy (non-hydrogen) atoms. The lowest BCUT2D eigenvalue weighted by Crippen LogP contribution is -2.32. The highest BCUT2D eigenvalue weighted by atomic mass is 15.3. The highest BCUT2D eigenvalue weighted by Crippen LogP contribution is 2.39. The SMILES string of the molecule is CCCNc1nc(C)cc(N2CC3CCC2C3)n1. The Morgan fingerprint density at radius 3 is 2.94 bits per heavy atom. The molecule has 0 aromatic carbocycles. The number of aromatic nitrogens is 2. The molecule has 4 nitrogen and oxygen atoms in total. The standard InChI is InChI=1S/C14H22N4/c1-3-6-15-14-16-10(2)7-13(17-14)18-9-11-4-5-12(18)8-11/h7,11-12H,3-6,8-9H2,1-2H3,(H,15,16,17). The van der Waals surface area contributed by atoms with Crippen molar-refractivity contribution >= 4 is 11.8 Å². The monoisotopic (exact) mass is 246 g/mol. The molecule has 2 bridgehead atoms. The molecule has 4 heteroatoms. The second-order valence-electron chi connectivity index (χ2n) is 5.60. The molecule has 0 amide bonds. The topological polar surface area (TPSA) is 41.1 Å². The molecular formula is C14H22N4. The molecule has 0 radical (unpaired) electrons. The summed E-state index contributed by atoms with van der Waals surface area (Å²) in [6, 6.07) is 2.85. The minimum absolute atomic E-state index is 0.725. The Hall–Kier alpha value is -1.32. The first-order valence-electron chi connectivity index (χ1n) is 7.12. The molecule has 98 valence electrons. The molecule has 0 spiro atoms. The molecule has 1 aromatic heterocycles. The van der Waals surface area contributed by atoms with Crippen LogP contribution in [-0.4, -0.2) is 29.1 Å². The predicted octanol–water partition coefficient (Wildman–Crippen LogP) is 2.60. The Bertz CT molecular complexity index is 432. The molecule has 2 unspecified atom stereocenters. The quantitative estimate of drug-likeness (QED) is 0.886. The number of piperidine rings is 1. The number of hydrogen-bond donors (Lipinski definition) is 1. The van der Waals surface area contributed by atoms with Gasteiger partial charge < -0.3 is 10.2 Å². The third-order valence-corrected chi connectivity index (χ3v) is 4.08. The van der Waals surface area contributed by atoms with Crippen LogP contribution >= 0.6 is 0 Å². The number of nitrogens with one attached hydrogen (secondary N) is 1. The van der Waals surface area contributed by atoms with Crippen LogP contribution in [0.4, 0.5) is 11.8 Å². The van der Waals surface area contributed by atoms with E-state index in [1.54, 1.807) is 0 Å². The van der Waals surface area contributed by atoms with Gasteiger partial charge in [0.15, 0.2) is 0 Å². The molecule has 1 saturated heterocycles. The van der Waals surface area contributed by atoms with E-state index >= 15 is 0 Å². The summed E-state index contributed by atoms with van der Waals surface area (Å²) in [5.41, 5.74) is 1.06. The third-order valence-electron chi connectivity index (χ3n) is 4.08. The highest BCUT2D eigenvalue weighted by Gasteiger charge is 2.38. The van der Waals surface area contributed by atoms with Gasteiger partial charge in [-0.1, -0.05) is 6.92 Å². The Balaban J connectivity index is 1.81. The van der Waals surface area contributed by atoms with E-state index in [9.17, 15) is 0 Å². The number of anilines is 2. The van der Waals surface area contributed by atoms with Crippen LogP contribution in [0.2, 0.25) is 0 Å². The lowest BCUT2D eigenvalue weighted by Gasteiger charge is -2.28. The summed E-state index contributed by atoms with van der Waals surface area (Å²) in [4.78, 5) is 11.6. The average Bonchev–Trinajstić information content (AvgIpc) is 2.98. The summed E-state index contributed by atoms with van der Waals surface area (Å²) in [6.07, 6.45) is 5.21. The zero-order chi connectivity index (χ0) is 12.5. The normalized spacial score (nSPS) is 25.8. The van der Waals surface area contributed by atoms with Gasteiger partial charge >= 0.3 is 0 Å². The van der Waals surface area contributed by atoms with E-state index in [0.717, 1.165) is 42.4 Å². The van der Waals surface area contributed by atoms with Crippen LogP contribution in [0.5, 0.6) is 0 Å². The van der Waals surface area contributed by atoms with Crippen molar-refractivity contribution in [1.82, 2.24) is 9.97 Å². The van der Waals surface area contributed by atoms with Crippen molar-refractivity contribution < 1.29 is 0 Å². The molecular weight excluding hydrogens is 224 g/mol. The van der Waals surface area contributed by atoms with Crippen LogP contribution in [0.25, 0.3) is 0 Å². The summed E-state index contributed by atoms with van der Waals surface area (Å²) >= 11 is 0. The number of fused-ring (bicyclic) bond motifs is 2. The lowest BCUT2D eigenvalue weighted by atomic mass is 10.1. The van der Waals surface area contributed by atoms with E-state index in [2.05, 4.69) is 40.1 Å². The maximum atomic E-state index is 4.68. The van der Waals surface area contributed by atoms with Crippen molar-refractivity contribution in [2.75, 3.05) is 23.3 Å². The van der Waals surface area contributed by atoms with Crippen molar-refractivity contribution in [2.45, 2.75) is 45.6 Å². The molecule has 1 aliphatic carbocycles.